The monoisotopic (exact) mass is 326 g/mol. The highest BCUT2D eigenvalue weighted by Crippen LogP contribution is 2.36. The highest BCUT2D eigenvalue weighted by Gasteiger charge is 2.33. The quantitative estimate of drug-likeness (QED) is 0.757. The van der Waals surface area contributed by atoms with Crippen molar-refractivity contribution in [3.63, 3.8) is 0 Å². The molecule has 1 unspecified atom stereocenters. The van der Waals surface area contributed by atoms with Gasteiger partial charge in [-0.3, -0.25) is 14.7 Å². The van der Waals surface area contributed by atoms with Crippen LogP contribution < -0.4 is 11.1 Å². The summed E-state index contributed by atoms with van der Waals surface area (Å²) < 4.78 is 0. The van der Waals surface area contributed by atoms with Crippen LogP contribution in [0.25, 0.3) is 0 Å². The maximum atomic E-state index is 12.2. The van der Waals surface area contributed by atoms with Gasteiger partial charge in [0, 0.05) is 24.1 Å². The number of nitrogens with zero attached hydrogens (tertiary/aromatic N) is 1. The molecule has 6 nitrogen and oxygen atoms in total. The minimum Gasteiger partial charge on any atom is -0.364 e. The number of rotatable bonds is 6. The van der Waals surface area contributed by atoms with Gasteiger partial charge in [-0.15, -0.1) is 0 Å². The molecule has 1 aliphatic rings. The Bertz CT molecular complexity index is 720. The Balaban J connectivity index is 1.45. The fraction of sp³-hybridized carbons (Fsp3) is 0.389. The highest BCUT2D eigenvalue weighted by atomic mass is 16.2. The Morgan fingerprint density at radius 1 is 1.33 bits per heavy atom. The standard InChI is InChI=1S/C18H22N4O2/c1-11(12-5-3-2-4-6-12)7-17(23)20-14-8-13(9-14)15-10-16(18(19)24)22-21-15/h2-6,10-11,13-14H,7-9H2,1H3,(H2,19,24)(H,20,23)(H,21,22). The molecule has 0 saturated heterocycles. The molecule has 6 heteroatoms. The third-order valence-electron chi connectivity index (χ3n) is 4.65. The van der Waals surface area contributed by atoms with Gasteiger partial charge in [0.25, 0.3) is 5.91 Å². The summed E-state index contributed by atoms with van der Waals surface area (Å²) in [7, 11) is 0. The number of aromatic nitrogens is 2. The van der Waals surface area contributed by atoms with Crippen molar-refractivity contribution in [2.24, 2.45) is 5.73 Å². The number of hydrogen-bond acceptors (Lipinski definition) is 3. The summed E-state index contributed by atoms with van der Waals surface area (Å²) >= 11 is 0. The average Bonchev–Trinajstić information content (AvgIpc) is 3.01. The molecule has 3 rings (SSSR count). The van der Waals surface area contributed by atoms with E-state index in [0.29, 0.717) is 12.3 Å². The Morgan fingerprint density at radius 2 is 2.04 bits per heavy atom. The molecule has 1 aliphatic carbocycles. The molecule has 126 valence electrons. The molecule has 1 fully saturated rings. The first-order valence-corrected chi connectivity index (χ1v) is 8.22. The molecule has 0 radical (unpaired) electrons. The highest BCUT2D eigenvalue weighted by molar-refractivity contribution is 5.90. The number of carbonyl (C=O) groups is 2. The summed E-state index contributed by atoms with van der Waals surface area (Å²) in [5.41, 5.74) is 7.54. The van der Waals surface area contributed by atoms with Gasteiger partial charge < -0.3 is 11.1 Å². The minimum atomic E-state index is -0.531. The van der Waals surface area contributed by atoms with E-state index in [9.17, 15) is 9.59 Å². The first kappa shape index (κ1) is 16.2. The molecule has 24 heavy (non-hydrogen) atoms. The van der Waals surface area contributed by atoms with Crippen LogP contribution in [0.4, 0.5) is 0 Å². The smallest absolute Gasteiger partial charge is 0.269 e. The van der Waals surface area contributed by atoms with Gasteiger partial charge >= 0.3 is 0 Å². The maximum Gasteiger partial charge on any atom is 0.269 e. The van der Waals surface area contributed by atoms with E-state index >= 15 is 0 Å². The van der Waals surface area contributed by atoms with Crippen molar-refractivity contribution in [1.82, 2.24) is 15.5 Å². The van der Waals surface area contributed by atoms with Crippen LogP contribution in [0.5, 0.6) is 0 Å². The zero-order valence-electron chi connectivity index (χ0n) is 13.7. The largest absolute Gasteiger partial charge is 0.364 e. The molecule has 1 atom stereocenters. The normalized spacial score (nSPS) is 20.9. The second-order valence-electron chi connectivity index (χ2n) is 6.52. The Kier molecular flexibility index (Phi) is 4.64. The van der Waals surface area contributed by atoms with Crippen LogP contribution in [-0.2, 0) is 4.79 Å². The molecule has 1 aromatic carbocycles. The molecule has 4 N–H and O–H groups in total. The minimum absolute atomic E-state index is 0.0808. The van der Waals surface area contributed by atoms with Crippen molar-refractivity contribution in [2.45, 2.75) is 44.1 Å². The van der Waals surface area contributed by atoms with E-state index in [1.165, 1.54) is 5.56 Å². The maximum absolute atomic E-state index is 12.2. The van der Waals surface area contributed by atoms with Crippen LogP contribution in [0.15, 0.2) is 36.4 Å². The number of carbonyl (C=O) groups excluding carboxylic acids is 2. The third kappa shape index (κ3) is 3.64. The number of nitrogens with two attached hydrogens (primary N) is 1. The molecular weight excluding hydrogens is 304 g/mol. The number of amides is 2. The number of H-pyrrole nitrogens is 1. The van der Waals surface area contributed by atoms with Gasteiger partial charge in [0.1, 0.15) is 5.69 Å². The van der Waals surface area contributed by atoms with Crippen molar-refractivity contribution in [3.8, 4) is 0 Å². The Morgan fingerprint density at radius 3 is 2.67 bits per heavy atom. The fourth-order valence-corrected chi connectivity index (χ4v) is 3.13. The summed E-state index contributed by atoms with van der Waals surface area (Å²) in [6.07, 6.45) is 2.19. The van der Waals surface area contributed by atoms with Crippen LogP contribution in [-0.4, -0.2) is 28.1 Å². The van der Waals surface area contributed by atoms with E-state index in [-0.39, 0.29) is 23.6 Å². The Labute approximate surface area is 140 Å². The first-order valence-electron chi connectivity index (χ1n) is 8.22. The van der Waals surface area contributed by atoms with E-state index in [0.717, 1.165) is 18.5 Å². The second-order valence-corrected chi connectivity index (χ2v) is 6.52. The molecule has 2 aromatic rings. The lowest BCUT2D eigenvalue weighted by Gasteiger charge is -2.35. The molecular formula is C18H22N4O2. The lowest BCUT2D eigenvalue weighted by molar-refractivity contribution is -0.122. The van der Waals surface area contributed by atoms with Crippen molar-refractivity contribution in [2.75, 3.05) is 0 Å². The van der Waals surface area contributed by atoms with Gasteiger partial charge in [0.2, 0.25) is 5.91 Å². The van der Waals surface area contributed by atoms with Crippen LogP contribution in [0.1, 0.15) is 59.8 Å². The molecule has 0 aliphatic heterocycles. The second kappa shape index (κ2) is 6.86. The number of hydrogen-bond donors (Lipinski definition) is 3. The zero-order valence-corrected chi connectivity index (χ0v) is 13.7. The van der Waals surface area contributed by atoms with Gasteiger partial charge in [-0.1, -0.05) is 37.3 Å². The van der Waals surface area contributed by atoms with E-state index in [4.69, 9.17) is 5.73 Å². The van der Waals surface area contributed by atoms with Crippen molar-refractivity contribution in [1.29, 1.82) is 0 Å². The van der Waals surface area contributed by atoms with E-state index in [2.05, 4.69) is 22.4 Å². The first-order chi connectivity index (χ1) is 11.5. The summed E-state index contributed by atoms with van der Waals surface area (Å²) in [6, 6.07) is 11.9. The Hall–Kier alpha value is -2.63. The summed E-state index contributed by atoms with van der Waals surface area (Å²) in [6.45, 7) is 2.06. The topological polar surface area (TPSA) is 101 Å². The van der Waals surface area contributed by atoms with E-state index in [1.54, 1.807) is 6.07 Å². The SMILES string of the molecule is CC(CC(=O)NC1CC(c2cc(C(N)=O)n[nH]2)C1)c1ccccc1. The summed E-state index contributed by atoms with van der Waals surface area (Å²) in [4.78, 5) is 23.2. The summed E-state index contributed by atoms with van der Waals surface area (Å²) in [5, 5.41) is 9.83. The number of nitrogens with one attached hydrogen (secondary N) is 2. The van der Waals surface area contributed by atoms with Gasteiger partial charge in [0.15, 0.2) is 0 Å². The molecule has 0 spiro atoms. The third-order valence-corrected chi connectivity index (χ3v) is 4.65. The molecule has 1 heterocycles. The van der Waals surface area contributed by atoms with Crippen molar-refractivity contribution in [3.05, 3.63) is 53.3 Å². The van der Waals surface area contributed by atoms with Gasteiger partial charge in [-0.25, -0.2) is 0 Å². The van der Waals surface area contributed by atoms with Crippen LogP contribution in [0, 0.1) is 0 Å². The molecule has 0 bridgehead atoms. The van der Waals surface area contributed by atoms with Crippen LogP contribution in [0.2, 0.25) is 0 Å². The number of primary amides is 1. The van der Waals surface area contributed by atoms with Gasteiger partial charge in [-0.2, -0.15) is 5.10 Å². The fourth-order valence-electron chi connectivity index (χ4n) is 3.13. The van der Waals surface area contributed by atoms with Gasteiger partial charge in [0.05, 0.1) is 0 Å². The van der Waals surface area contributed by atoms with E-state index < -0.39 is 5.91 Å². The zero-order chi connectivity index (χ0) is 17.1. The lowest BCUT2D eigenvalue weighted by Crippen LogP contribution is -2.43. The van der Waals surface area contributed by atoms with Crippen LogP contribution in [0.3, 0.4) is 0 Å². The predicted molar refractivity (Wildman–Crippen MR) is 90.5 cm³/mol. The molecule has 2 amide bonds. The molecule has 1 aromatic heterocycles. The lowest BCUT2D eigenvalue weighted by atomic mass is 9.78. The van der Waals surface area contributed by atoms with Crippen molar-refractivity contribution < 1.29 is 9.59 Å². The van der Waals surface area contributed by atoms with Crippen LogP contribution >= 0.6 is 0 Å². The average molecular weight is 326 g/mol. The van der Waals surface area contributed by atoms with E-state index in [1.807, 2.05) is 30.3 Å². The molecule has 1 saturated carbocycles. The van der Waals surface area contributed by atoms with Crippen molar-refractivity contribution >= 4 is 11.8 Å². The summed E-state index contributed by atoms with van der Waals surface area (Å²) in [5.74, 6) is 0.0454. The number of aromatic amines is 1. The number of benzene rings is 1. The predicted octanol–water partition coefficient (Wildman–Crippen LogP) is 2.06. The van der Waals surface area contributed by atoms with Gasteiger partial charge in [-0.05, 0) is 30.4 Å².